The van der Waals surface area contributed by atoms with Crippen molar-refractivity contribution in [2.75, 3.05) is 0 Å². The lowest BCUT2D eigenvalue weighted by molar-refractivity contribution is 0.277. The van der Waals surface area contributed by atoms with Crippen molar-refractivity contribution in [2.24, 2.45) is 11.1 Å². The first-order valence-corrected chi connectivity index (χ1v) is 5.30. The average Bonchev–Trinajstić information content (AvgIpc) is 2.17. The molecule has 1 aromatic rings. The molecule has 1 unspecified atom stereocenters. The van der Waals surface area contributed by atoms with E-state index in [1.165, 1.54) is 11.1 Å². The summed E-state index contributed by atoms with van der Waals surface area (Å²) in [5.41, 5.74) is 9.03. The molecule has 0 spiro atoms. The zero-order valence-corrected chi connectivity index (χ0v) is 9.67. The van der Waals surface area contributed by atoms with Gasteiger partial charge in [0.25, 0.3) is 0 Å². The predicted molar refractivity (Wildman–Crippen MR) is 62.2 cm³/mol. The first kappa shape index (κ1) is 11.3. The molecule has 1 heteroatoms. The molecule has 0 aliphatic heterocycles. The first-order valence-electron chi connectivity index (χ1n) is 5.30. The molecule has 0 saturated carbocycles. The molecular formula is C13H21N. The van der Waals surface area contributed by atoms with Crippen LogP contribution in [0.1, 0.15) is 44.4 Å². The summed E-state index contributed by atoms with van der Waals surface area (Å²) < 4.78 is 0. The van der Waals surface area contributed by atoms with Crippen LogP contribution in [0.15, 0.2) is 24.3 Å². The van der Waals surface area contributed by atoms with Crippen molar-refractivity contribution in [1.29, 1.82) is 0 Å². The second-order valence-corrected chi connectivity index (χ2v) is 4.68. The van der Waals surface area contributed by atoms with E-state index in [0.29, 0.717) is 0 Å². The summed E-state index contributed by atoms with van der Waals surface area (Å²) in [6.07, 6.45) is 1.10. The van der Waals surface area contributed by atoms with E-state index in [4.69, 9.17) is 5.73 Å². The molecule has 0 radical (unpaired) electrons. The van der Waals surface area contributed by atoms with Crippen molar-refractivity contribution in [3.05, 3.63) is 35.4 Å². The fourth-order valence-corrected chi connectivity index (χ4v) is 1.58. The molecule has 0 aromatic heterocycles. The second kappa shape index (κ2) is 4.14. The van der Waals surface area contributed by atoms with Crippen LogP contribution in [0.4, 0.5) is 0 Å². The third-order valence-electron chi connectivity index (χ3n) is 3.28. The summed E-state index contributed by atoms with van der Waals surface area (Å²) in [7, 11) is 0. The van der Waals surface area contributed by atoms with Gasteiger partial charge in [0.15, 0.2) is 0 Å². The van der Waals surface area contributed by atoms with Crippen LogP contribution in [0.3, 0.4) is 0 Å². The van der Waals surface area contributed by atoms with Gasteiger partial charge in [0.1, 0.15) is 0 Å². The average molecular weight is 191 g/mol. The summed E-state index contributed by atoms with van der Waals surface area (Å²) in [5, 5.41) is 0. The molecule has 0 bridgehead atoms. The Hall–Kier alpha value is -0.820. The van der Waals surface area contributed by atoms with E-state index in [0.717, 1.165) is 6.42 Å². The SMILES string of the molecule is CCC(C)(C)C(N)c1ccccc1C. The topological polar surface area (TPSA) is 26.0 Å². The van der Waals surface area contributed by atoms with Crippen LogP contribution in [-0.2, 0) is 0 Å². The quantitative estimate of drug-likeness (QED) is 0.778. The number of aryl methyl sites for hydroxylation is 1. The van der Waals surface area contributed by atoms with Crippen molar-refractivity contribution < 1.29 is 0 Å². The maximum Gasteiger partial charge on any atom is 0.0349 e. The summed E-state index contributed by atoms with van der Waals surface area (Å²) in [5.74, 6) is 0. The van der Waals surface area contributed by atoms with Crippen LogP contribution in [0.5, 0.6) is 0 Å². The van der Waals surface area contributed by atoms with E-state index < -0.39 is 0 Å². The number of hydrogen-bond donors (Lipinski definition) is 1. The van der Waals surface area contributed by atoms with E-state index >= 15 is 0 Å². The van der Waals surface area contributed by atoms with Gasteiger partial charge in [-0.05, 0) is 29.9 Å². The smallest absolute Gasteiger partial charge is 0.0349 e. The van der Waals surface area contributed by atoms with E-state index in [2.05, 4.69) is 52.0 Å². The Labute approximate surface area is 87.3 Å². The highest BCUT2D eigenvalue weighted by molar-refractivity contribution is 5.29. The molecule has 14 heavy (non-hydrogen) atoms. The Morgan fingerprint density at radius 3 is 2.36 bits per heavy atom. The van der Waals surface area contributed by atoms with Crippen molar-refractivity contribution in [3.8, 4) is 0 Å². The van der Waals surface area contributed by atoms with Gasteiger partial charge in [-0.15, -0.1) is 0 Å². The zero-order chi connectivity index (χ0) is 10.8. The molecule has 1 rings (SSSR count). The molecule has 0 amide bonds. The van der Waals surface area contributed by atoms with Gasteiger partial charge in [-0.2, -0.15) is 0 Å². The molecule has 2 N–H and O–H groups in total. The number of rotatable bonds is 3. The fourth-order valence-electron chi connectivity index (χ4n) is 1.58. The number of hydrogen-bond acceptors (Lipinski definition) is 1. The largest absolute Gasteiger partial charge is 0.323 e. The molecule has 1 nitrogen and oxygen atoms in total. The second-order valence-electron chi connectivity index (χ2n) is 4.68. The monoisotopic (exact) mass is 191 g/mol. The van der Waals surface area contributed by atoms with Crippen molar-refractivity contribution in [2.45, 2.75) is 40.2 Å². The molecule has 78 valence electrons. The van der Waals surface area contributed by atoms with E-state index in [9.17, 15) is 0 Å². The van der Waals surface area contributed by atoms with E-state index in [-0.39, 0.29) is 11.5 Å². The Morgan fingerprint density at radius 1 is 1.29 bits per heavy atom. The molecule has 1 aromatic carbocycles. The highest BCUT2D eigenvalue weighted by Crippen LogP contribution is 2.35. The standard InChI is InChI=1S/C13H21N/c1-5-13(3,4)12(14)11-9-7-6-8-10(11)2/h6-9,12H,5,14H2,1-4H3. The van der Waals surface area contributed by atoms with Gasteiger partial charge >= 0.3 is 0 Å². The third-order valence-corrected chi connectivity index (χ3v) is 3.28. The molecule has 0 fully saturated rings. The Kier molecular flexibility index (Phi) is 3.33. The van der Waals surface area contributed by atoms with Gasteiger partial charge in [0.05, 0.1) is 0 Å². The molecule has 0 saturated heterocycles. The lowest BCUT2D eigenvalue weighted by atomic mass is 9.78. The molecule has 1 atom stereocenters. The summed E-state index contributed by atoms with van der Waals surface area (Å²) in [6.45, 7) is 8.77. The van der Waals surface area contributed by atoms with Gasteiger partial charge in [-0.1, -0.05) is 45.0 Å². The maximum absolute atomic E-state index is 6.28. The summed E-state index contributed by atoms with van der Waals surface area (Å²) in [4.78, 5) is 0. The zero-order valence-electron chi connectivity index (χ0n) is 9.67. The van der Waals surface area contributed by atoms with Crippen molar-refractivity contribution in [3.63, 3.8) is 0 Å². The minimum Gasteiger partial charge on any atom is -0.323 e. The number of nitrogens with two attached hydrogens (primary N) is 1. The van der Waals surface area contributed by atoms with Gasteiger partial charge in [-0.3, -0.25) is 0 Å². The van der Waals surface area contributed by atoms with Crippen LogP contribution >= 0.6 is 0 Å². The van der Waals surface area contributed by atoms with Gasteiger partial charge < -0.3 is 5.73 Å². The van der Waals surface area contributed by atoms with Crippen LogP contribution in [0, 0.1) is 12.3 Å². The van der Waals surface area contributed by atoms with Crippen LogP contribution in [0.2, 0.25) is 0 Å². The third kappa shape index (κ3) is 2.16. The van der Waals surface area contributed by atoms with E-state index in [1.807, 2.05) is 0 Å². The van der Waals surface area contributed by atoms with Crippen molar-refractivity contribution >= 4 is 0 Å². The summed E-state index contributed by atoms with van der Waals surface area (Å²) >= 11 is 0. The maximum atomic E-state index is 6.28. The van der Waals surface area contributed by atoms with Crippen LogP contribution < -0.4 is 5.73 Å². The minimum atomic E-state index is 0.133. The summed E-state index contributed by atoms with van der Waals surface area (Å²) in [6, 6.07) is 8.52. The molecule has 0 aliphatic rings. The lowest BCUT2D eigenvalue weighted by Gasteiger charge is -2.31. The van der Waals surface area contributed by atoms with Gasteiger partial charge in [0, 0.05) is 6.04 Å². The highest BCUT2D eigenvalue weighted by Gasteiger charge is 2.26. The first-order chi connectivity index (χ1) is 6.49. The normalized spacial score (nSPS) is 14.1. The Morgan fingerprint density at radius 2 is 1.86 bits per heavy atom. The fraction of sp³-hybridized carbons (Fsp3) is 0.538. The van der Waals surface area contributed by atoms with Crippen molar-refractivity contribution in [1.82, 2.24) is 0 Å². The molecular weight excluding hydrogens is 170 g/mol. The Balaban J connectivity index is 3.00. The Bertz CT molecular complexity index is 302. The lowest BCUT2D eigenvalue weighted by Crippen LogP contribution is -2.29. The predicted octanol–water partition coefficient (Wildman–Crippen LogP) is 3.43. The van der Waals surface area contributed by atoms with Gasteiger partial charge in [-0.25, -0.2) is 0 Å². The highest BCUT2D eigenvalue weighted by atomic mass is 14.7. The van der Waals surface area contributed by atoms with E-state index in [1.54, 1.807) is 0 Å². The minimum absolute atomic E-state index is 0.133. The molecule has 0 aliphatic carbocycles. The van der Waals surface area contributed by atoms with Gasteiger partial charge in [0.2, 0.25) is 0 Å². The number of benzene rings is 1. The molecule has 0 heterocycles. The van der Waals surface area contributed by atoms with Crippen LogP contribution in [0.25, 0.3) is 0 Å². The van der Waals surface area contributed by atoms with Crippen LogP contribution in [-0.4, -0.2) is 0 Å².